The highest BCUT2D eigenvalue weighted by molar-refractivity contribution is 7.10. The van der Waals surface area contributed by atoms with E-state index in [2.05, 4.69) is 4.98 Å². The van der Waals surface area contributed by atoms with Crippen molar-refractivity contribution in [3.8, 4) is 5.75 Å². The Morgan fingerprint density at radius 2 is 2.26 bits per heavy atom. The molecule has 2 aromatic heterocycles. The van der Waals surface area contributed by atoms with E-state index < -0.39 is 11.9 Å². The second kappa shape index (κ2) is 4.56. The molecule has 19 heavy (non-hydrogen) atoms. The maximum atomic E-state index is 11.1. The standard InChI is InChI=1S/C13H11NO4S/c1-17-8-5-11(19-6-8)12(15)7-2-3-9-10(4-7)18-13(16)14-9/h2-6,12,15H,1H3,(H,14,16). The van der Waals surface area contributed by atoms with Crippen molar-refractivity contribution < 1.29 is 14.3 Å². The van der Waals surface area contributed by atoms with Gasteiger partial charge >= 0.3 is 5.76 Å². The van der Waals surface area contributed by atoms with Gasteiger partial charge in [-0.3, -0.25) is 4.98 Å². The topological polar surface area (TPSA) is 75.5 Å². The first-order valence-corrected chi connectivity index (χ1v) is 6.48. The van der Waals surface area contributed by atoms with E-state index in [1.165, 1.54) is 11.3 Å². The average molecular weight is 277 g/mol. The van der Waals surface area contributed by atoms with E-state index in [1.54, 1.807) is 31.4 Å². The fourth-order valence-electron chi connectivity index (χ4n) is 1.88. The van der Waals surface area contributed by atoms with Crippen LogP contribution in [0, 0.1) is 0 Å². The summed E-state index contributed by atoms with van der Waals surface area (Å²) in [6.45, 7) is 0. The van der Waals surface area contributed by atoms with Gasteiger partial charge in [0.2, 0.25) is 0 Å². The van der Waals surface area contributed by atoms with Gasteiger partial charge in [0.1, 0.15) is 11.9 Å². The van der Waals surface area contributed by atoms with Gasteiger partial charge in [0.25, 0.3) is 0 Å². The van der Waals surface area contributed by atoms with Crippen molar-refractivity contribution in [1.82, 2.24) is 4.98 Å². The second-order valence-electron chi connectivity index (χ2n) is 4.06. The van der Waals surface area contributed by atoms with Gasteiger partial charge in [0.15, 0.2) is 5.58 Å². The lowest BCUT2D eigenvalue weighted by molar-refractivity contribution is 0.224. The van der Waals surface area contributed by atoms with Crippen molar-refractivity contribution in [2.75, 3.05) is 7.11 Å². The number of hydrogen-bond acceptors (Lipinski definition) is 5. The van der Waals surface area contributed by atoms with Crippen LogP contribution in [-0.4, -0.2) is 17.2 Å². The predicted molar refractivity (Wildman–Crippen MR) is 71.8 cm³/mol. The molecule has 0 bridgehead atoms. The van der Waals surface area contributed by atoms with Gasteiger partial charge in [-0.05, 0) is 23.8 Å². The van der Waals surface area contributed by atoms with Gasteiger partial charge in [-0.15, -0.1) is 11.3 Å². The van der Waals surface area contributed by atoms with Crippen LogP contribution in [0.15, 0.2) is 38.9 Å². The van der Waals surface area contributed by atoms with E-state index in [9.17, 15) is 9.90 Å². The molecule has 98 valence electrons. The van der Waals surface area contributed by atoms with E-state index in [-0.39, 0.29) is 0 Å². The summed E-state index contributed by atoms with van der Waals surface area (Å²) in [5.74, 6) is 0.215. The zero-order chi connectivity index (χ0) is 13.4. The van der Waals surface area contributed by atoms with Gasteiger partial charge in [-0.1, -0.05) is 6.07 Å². The lowest BCUT2D eigenvalue weighted by atomic mass is 10.1. The number of methoxy groups -OCH3 is 1. The Morgan fingerprint density at radius 1 is 1.42 bits per heavy atom. The van der Waals surface area contributed by atoms with Crippen molar-refractivity contribution in [3.63, 3.8) is 0 Å². The molecule has 3 rings (SSSR count). The summed E-state index contributed by atoms with van der Waals surface area (Å²) in [5.41, 5.74) is 1.72. The molecule has 2 heterocycles. The summed E-state index contributed by atoms with van der Waals surface area (Å²) < 4.78 is 10.1. The first-order chi connectivity index (χ1) is 9.17. The van der Waals surface area contributed by atoms with Gasteiger partial charge in [-0.25, -0.2) is 4.79 Å². The predicted octanol–water partition coefficient (Wildman–Crippen LogP) is 2.27. The summed E-state index contributed by atoms with van der Waals surface area (Å²) in [6.07, 6.45) is -0.765. The highest BCUT2D eigenvalue weighted by Crippen LogP contribution is 2.31. The molecule has 1 aromatic carbocycles. The third-order valence-corrected chi connectivity index (χ3v) is 3.83. The van der Waals surface area contributed by atoms with E-state index in [1.807, 2.05) is 5.38 Å². The number of benzene rings is 1. The minimum absolute atomic E-state index is 0.435. The van der Waals surface area contributed by atoms with E-state index in [0.717, 1.165) is 4.88 Å². The molecule has 1 atom stereocenters. The summed E-state index contributed by atoms with van der Waals surface area (Å²) in [4.78, 5) is 14.4. The van der Waals surface area contributed by atoms with Crippen LogP contribution in [0.5, 0.6) is 5.75 Å². The third kappa shape index (κ3) is 2.16. The molecule has 0 radical (unpaired) electrons. The molecule has 0 fully saturated rings. The van der Waals surface area contributed by atoms with Gasteiger partial charge in [0.05, 0.1) is 12.6 Å². The smallest absolute Gasteiger partial charge is 0.417 e. The van der Waals surface area contributed by atoms with Gasteiger partial charge < -0.3 is 14.3 Å². The molecule has 6 heteroatoms. The summed E-state index contributed by atoms with van der Waals surface area (Å²) in [5, 5.41) is 12.1. The number of rotatable bonds is 3. The minimum Gasteiger partial charge on any atom is -0.496 e. The lowest BCUT2D eigenvalue weighted by Crippen LogP contribution is -1.96. The number of aliphatic hydroxyl groups excluding tert-OH is 1. The number of aromatic nitrogens is 1. The van der Waals surface area contributed by atoms with Crippen LogP contribution in [-0.2, 0) is 0 Å². The van der Waals surface area contributed by atoms with Gasteiger partial charge in [-0.2, -0.15) is 0 Å². The van der Waals surface area contributed by atoms with Crippen molar-refractivity contribution in [3.05, 3.63) is 50.6 Å². The van der Waals surface area contributed by atoms with Crippen LogP contribution in [0.25, 0.3) is 11.1 Å². The summed E-state index contributed by atoms with van der Waals surface area (Å²) in [6, 6.07) is 6.91. The molecule has 0 spiro atoms. The molecule has 2 N–H and O–H groups in total. The molecule has 0 aliphatic rings. The molecule has 0 aliphatic heterocycles. The molecular formula is C13H11NO4S. The first kappa shape index (κ1) is 12.0. The van der Waals surface area contributed by atoms with Crippen molar-refractivity contribution in [2.24, 2.45) is 0 Å². The van der Waals surface area contributed by atoms with Crippen LogP contribution >= 0.6 is 11.3 Å². The van der Waals surface area contributed by atoms with Crippen molar-refractivity contribution in [1.29, 1.82) is 0 Å². The Morgan fingerprint density at radius 3 is 3.00 bits per heavy atom. The number of thiophene rings is 1. The number of ether oxygens (including phenoxy) is 1. The molecule has 3 aromatic rings. The van der Waals surface area contributed by atoms with Crippen molar-refractivity contribution >= 4 is 22.4 Å². The molecule has 5 nitrogen and oxygen atoms in total. The molecule has 0 saturated heterocycles. The highest BCUT2D eigenvalue weighted by atomic mass is 32.1. The fraction of sp³-hybridized carbons (Fsp3) is 0.154. The van der Waals surface area contributed by atoms with Crippen LogP contribution in [0.2, 0.25) is 0 Å². The third-order valence-electron chi connectivity index (χ3n) is 2.86. The molecule has 0 amide bonds. The van der Waals surface area contributed by atoms with Crippen LogP contribution in [0.4, 0.5) is 0 Å². The number of H-pyrrole nitrogens is 1. The Hall–Kier alpha value is -2.05. The molecule has 0 aliphatic carbocycles. The number of oxazole rings is 1. The maximum absolute atomic E-state index is 11.1. The number of fused-ring (bicyclic) bond motifs is 1. The fourth-order valence-corrected chi connectivity index (χ4v) is 2.75. The number of aliphatic hydroxyl groups is 1. The zero-order valence-corrected chi connectivity index (χ0v) is 10.9. The molecule has 1 unspecified atom stereocenters. The number of nitrogens with one attached hydrogen (secondary N) is 1. The Labute approximate surface area is 112 Å². The maximum Gasteiger partial charge on any atom is 0.417 e. The SMILES string of the molecule is COc1csc(C(O)c2ccc3[nH]c(=O)oc3c2)c1. The van der Waals surface area contributed by atoms with Crippen molar-refractivity contribution in [2.45, 2.75) is 6.10 Å². The Bertz CT molecular complexity index is 770. The quantitative estimate of drug-likeness (QED) is 0.770. The normalized spacial score (nSPS) is 12.7. The minimum atomic E-state index is -0.765. The highest BCUT2D eigenvalue weighted by Gasteiger charge is 2.15. The van der Waals surface area contributed by atoms with E-state index >= 15 is 0 Å². The second-order valence-corrected chi connectivity index (χ2v) is 5.00. The monoisotopic (exact) mass is 277 g/mol. The van der Waals surface area contributed by atoms with E-state index in [0.29, 0.717) is 22.4 Å². The molecular weight excluding hydrogens is 266 g/mol. The zero-order valence-electron chi connectivity index (χ0n) is 10.0. The summed E-state index contributed by atoms with van der Waals surface area (Å²) in [7, 11) is 1.58. The number of aromatic amines is 1. The van der Waals surface area contributed by atoms with E-state index in [4.69, 9.17) is 9.15 Å². The number of hydrogen-bond donors (Lipinski definition) is 2. The molecule has 0 saturated carbocycles. The lowest BCUT2D eigenvalue weighted by Gasteiger charge is -2.08. The Kier molecular flexibility index (Phi) is 2.88. The Balaban J connectivity index is 2.00. The average Bonchev–Trinajstić information content (AvgIpc) is 3.01. The van der Waals surface area contributed by atoms with Crippen LogP contribution in [0.3, 0.4) is 0 Å². The summed E-state index contributed by atoms with van der Waals surface area (Å²) >= 11 is 1.41. The first-order valence-electron chi connectivity index (χ1n) is 5.60. The van der Waals surface area contributed by atoms with Crippen LogP contribution < -0.4 is 10.5 Å². The van der Waals surface area contributed by atoms with Crippen LogP contribution in [0.1, 0.15) is 16.5 Å². The van der Waals surface area contributed by atoms with Gasteiger partial charge in [0, 0.05) is 10.3 Å². The largest absolute Gasteiger partial charge is 0.496 e.